The molecule has 0 radical (unpaired) electrons. The van der Waals surface area contributed by atoms with E-state index in [4.69, 9.17) is 10.5 Å². The minimum Gasteiger partial charge on any atom is -0.457 e. The van der Waals surface area contributed by atoms with E-state index in [9.17, 15) is 4.79 Å². The SMILES string of the molecule is CNC(=O)c1cc(Oc2ccc3nc(N[C@@H]4CCCC[C@H]4N)sc3c2)ccn1. The number of nitrogens with two attached hydrogens (primary N) is 1. The number of carbonyl (C=O) groups is 1. The highest BCUT2D eigenvalue weighted by Gasteiger charge is 2.22. The smallest absolute Gasteiger partial charge is 0.269 e. The second kappa shape index (κ2) is 8.12. The number of thiazole rings is 1. The van der Waals surface area contributed by atoms with Gasteiger partial charge in [0, 0.05) is 37.5 Å². The van der Waals surface area contributed by atoms with E-state index in [2.05, 4.69) is 20.6 Å². The Morgan fingerprint density at radius 2 is 2.04 bits per heavy atom. The van der Waals surface area contributed by atoms with Crippen molar-refractivity contribution in [2.75, 3.05) is 12.4 Å². The molecule has 1 amide bonds. The number of nitrogens with one attached hydrogen (secondary N) is 2. The fourth-order valence-corrected chi connectivity index (χ4v) is 4.35. The molecule has 1 aromatic carbocycles. The largest absolute Gasteiger partial charge is 0.457 e. The fourth-order valence-electron chi connectivity index (χ4n) is 3.39. The van der Waals surface area contributed by atoms with Crippen LogP contribution in [0.5, 0.6) is 11.5 Å². The van der Waals surface area contributed by atoms with Gasteiger partial charge in [-0.15, -0.1) is 0 Å². The van der Waals surface area contributed by atoms with Crippen molar-refractivity contribution in [1.82, 2.24) is 15.3 Å². The number of aromatic nitrogens is 2. The third-order valence-corrected chi connectivity index (χ3v) is 5.86. The lowest BCUT2D eigenvalue weighted by atomic mass is 9.91. The predicted molar refractivity (Wildman–Crippen MR) is 111 cm³/mol. The Hall–Kier alpha value is -2.71. The van der Waals surface area contributed by atoms with Gasteiger partial charge in [-0.1, -0.05) is 24.2 Å². The summed E-state index contributed by atoms with van der Waals surface area (Å²) in [5.41, 5.74) is 7.47. The Morgan fingerprint density at radius 3 is 2.86 bits per heavy atom. The zero-order chi connectivity index (χ0) is 19.5. The van der Waals surface area contributed by atoms with Gasteiger partial charge in [0.05, 0.1) is 10.2 Å². The molecular formula is C20H23N5O2S. The monoisotopic (exact) mass is 397 g/mol. The lowest BCUT2D eigenvalue weighted by Gasteiger charge is -2.28. The van der Waals surface area contributed by atoms with Crippen molar-refractivity contribution in [3.05, 3.63) is 42.2 Å². The van der Waals surface area contributed by atoms with E-state index in [0.717, 1.165) is 28.2 Å². The third-order valence-electron chi connectivity index (χ3n) is 4.91. The highest BCUT2D eigenvalue weighted by atomic mass is 32.1. The number of fused-ring (bicyclic) bond motifs is 1. The molecule has 1 saturated carbocycles. The second-order valence-corrected chi connectivity index (χ2v) is 7.94. The normalized spacial score (nSPS) is 19.4. The summed E-state index contributed by atoms with van der Waals surface area (Å²) in [4.78, 5) is 20.4. The molecule has 2 heterocycles. The molecule has 146 valence electrons. The maximum absolute atomic E-state index is 11.7. The van der Waals surface area contributed by atoms with Gasteiger partial charge in [0.15, 0.2) is 5.13 Å². The fraction of sp³-hybridized carbons (Fsp3) is 0.350. The summed E-state index contributed by atoms with van der Waals surface area (Å²) in [7, 11) is 1.57. The van der Waals surface area contributed by atoms with Gasteiger partial charge >= 0.3 is 0 Å². The van der Waals surface area contributed by atoms with Crippen LogP contribution >= 0.6 is 11.3 Å². The number of rotatable bonds is 5. The molecule has 2 aromatic heterocycles. The van der Waals surface area contributed by atoms with E-state index >= 15 is 0 Å². The molecule has 1 aliphatic rings. The van der Waals surface area contributed by atoms with E-state index in [1.807, 2.05) is 18.2 Å². The van der Waals surface area contributed by atoms with Crippen molar-refractivity contribution < 1.29 is 9.53 Å². The molecule has 28 heavy (non-hydrogen) atoms. The average Bonchev–Trinajstić information content (AvgIpc) is 3.11. The summed E-state index contributed by atoms with van der Waals surface area (Å²) < 4.78 is 6.95. The quantitative estimate of drug-likeness (QED) is 0.609. The van der Waals surface area contributed by atoms with Crippen LogP contribution in [0.4, 0.5) is 5.13 Å². The molecule has 3 aromatic rings. The number of ether oxygens (including phenoxy) is 1. The van der Waals surface area contributed by atoms with Gasteiger partial charge in [0.2, 0.25) is 0 Å². The summed E-state index contributed by atoms with van der Waals surface area (Å²) in [5.74, 6) is 0.995. The van der Waals surface area contributed by atoms with E-state index in [1.54, 1.807) is 36.7 Å². The molecule has 0 saturated heterocycles. The van der Waals surface area contributed by atoms with Crippen molar-refractivity contribution in [3.63, 3.8) is 0 Å². The molecule has 0 unspecified atom stereocenters. The molecule has 0 bridgehead atoms. The zero-order valence-corrected chi connectivity index (χ0v) is 16.5. The van der Waals surface area contributed by atoms with E-state index in [0.29, 0.717) is 17.2 Å². The van der Waals surface area contributed by atoms with Gasteiger partial charge in [0.25, 0.3) is 5.91 Å². The first-order valence-electron chi connectivity index (χ1n) is 9.41. The molecule has 4 N–H and O–H groups in total. The molecule has 7 nitrogen and oxygen atoms in total. The summed E-state index contributed by atoms with van der Waals surface area (Å²) in [6.07, 6.45) is 6.11. The Labute approximate surface area is 167 Å². The van der Waals surface area contributed by atoms with Crippen LogP contribution in [0.15, 0.2) is 36.5 Å². The molecule has 0 spiro atoms. The number of carbonyl (C=O) groups excluding carboxylic acids is 1. The van der Waals surface area contributed by atoms with Crippen molar-refractivity contribution in [1.29, 1.82) is 0 Å². The molecular weight excluding hydrogens is 374 g/mol. The maximum atomic E-state index is 11.7. The van der Waals surface area contributed by atoms with Crippen LogP contribution in [0, 0.1) is 0 Å². The van der Waals surface area contributed by atoms with Crippen LogP contribution in [0.25, 0.3) is 10.2 Å². The minimum absolute atomic E-state index is 0.181. The van der Waals surface area contributed by atoms with Crippen LogP contribution in [0.2, 0.25) is 0 Å². The number of hydrogen-bond donors (Lipinski definition) is 3. The lowest BCUT2D eigenvalue weighted by molar-refractivity contribution is 0.0958. The average molecular weight is 398 g/mol. The minimum atomic E-state index is -0.250. The van der Waals surface area contributed by atoms with Crippen LogP contribution in [0.1, 0.15) is 36.2 Å². The first kappa shape index (κ1) is 18.6. The molecule has 1 fully saturated rings. The van der Waals surface area contributed by atoms with Crippen LogP contribution in [0.3, 0.4) is 0 Å². The Bertz CT molecular complexity index is 990. The molecule has 8 heteroatoms. The molecule has 1 aliphatic carbocycles. The topological polar surface area (TPSA) is 102 Å². The van der Waals surface area contributed by atoms with Crippen LogP contribution < -0.4 is 21.1 Å². The number of benzene rings is 1. The highest BCUT2D eigenvalue weighted by molar-refractivity contribution is 7.22. The van der Waals surface area contributed by atoms with Crippen molar-refractivity contribution in [3.8, 4) is 11.5 Å². The Kier molecular flexibility index (Phi) is 5.40. The third kappa shape index (κ3) is 4.07. The molecule has 4 rings (SSSR count). The highest BCUT2D eigenvalue weighted by Crippen LogP contribution is 2.32. The Balaban J connectivity index is 1.51. The second-order valence-electron chi connectivity index (χ2n) is 6.91. The van der Waals surface area contributed by atoms with E-state index in [-0.39, 0.29) is 18.0 Å². The van der Waals surface area contributed by atoms with E-state index < -0.39 is 0 Å². The predicted octanol–water partition coefficient (Wildman–Crippen LogP) is 3.53. The zero-order valence-electron chi connectivity index (χ0n) is 15.6. The van der Waals surface area contributed by atoms with Crippen LogP contribution in [-0.2, 0) is 0 Å². The van der Waals surface area contributed by atoms with Gasteiger partial charge < -0.3 is 21.1 Å². The van der Waals surface area contributed by atoms with Crippen molar-refractivity contribution in [2.24, 2.45) is 5.73 Å². The van der Waals surface area contributed by atoms with Gasteiger partial charge in [0.1, 0.15) is 17.2 Å². The summed E-state index contributed by atoms with van der Waals surface area (Å²) in [6, 6.07) is 9.57. The summed E-state index contributed by atoms with van der Waals surface area (Å²) in [5, 5.41) is 6.95. The standard InChI is InChI=1S/C20H23N5O2S/c1-22-19(26)17-10-13(8-9-23-17)27-12-6-7-16-18(11-12)28-20(25-16)24-15-5-3-2-4-14(15)21/h6-11,14-15H,2-5,21H2,1H3,(H,22,26)(H,24,25)/t14-,15-/m1/s1. The maximum Gasteiger partial charge on any atom is 0.269 e. The van der Waals surface area contributed by atoms with Crippen molar-refractivity contribution in [2.45, 2.75) is 37.8 Å². The van der Waals surface area contributed by atoms with Gasteiger partial charge in [-0.05, 0) is 31.0 Å². The molecule has 0 aliphatic heterocycles. The number of amides is 1. The van der Waals surface area contributed by atoms with Gasteiger partial charge in [-0.3, -0.25) is 9.78 Å². The number of hydrogen-bond acceptors (Lipinski definition) is 7. The van der Waals surface area contributed by atoms with Crippen molar-refractivity contribution >= 4 is 32.6 Å². The van der Waals surface area contributed by atoms with Crippen LogP contribution in [-0.4, -0.2) is 35.0 Å². The molecule has 2 atom stereocenters. The first-order chi connectivity index (χ1) is 13.6. The van der Waals surface area contributed by atoms with Gasteiger partial charge in [-0.2, -0.15) is 0 Å². The number of nitrogens with zero attached hydrogens (tertiary/aromatic N) is 2. The number of anilines is 1. The summed E-state index contributed by atoms with van der Waals surface area (Å²) >= 11 is 1.60. The first-order valence-corrected chi connectivity index (χ1v) is 10.2. The Morgan fingerprint density at radius 1 is 1.21 bits per heavy atom. The summed E-state index contributed by atoms with van der Waals surface area (Å²) in [6.45, 7) is 0. The van der Waals surface area contributed by atoms with Gasteiger partial charge in [-0.25, -0.2) is 4.98 Å². The number of pyridine rings is 1. The van der Waals surface area contributed by atoms with E-state index in [1.165, 1.54) is 12.8 Å². The lowest BCUT2D eigenvalue weighted by Crippen LogP contribution is -2.42.